The Balaban J connectivity index is 1.16. The first kappa shape index (κ1) is 20.7. The number of hydrogen-bond donors (Lipinski definition) is 1. The average molecular weight is 428 g/mol. The van der Waals surface area contributed by atoms with Crippen molar-refractivity contribution in [3.8, 4) is 0 Å². The molecule has 2 aliphatic heterocycles. The van der Waals surface area contributed by atoms with Gasteiger partial charge in [-0.05, 0) is 59.5 Å². The number of carbonyl (C=O) groups excluding carboxylic acids is 1. The van der Waals surface area contributed by atoms with E-state index in [0.717, 1.165) is 63.7 Å². The van der Waals surface area contributed by atoms with E-state index in [-0.39, 0.29) is 5.91 Å². The molecule has 5 heteroatoms. The molecule has 164 valence electrons. The third kappa shape index (κ3) is 4.85. The van der Waals surface area contributed by atoms with Crippen molar-refractivity contribution in [3.63, 3.8) is 0 Å². The van der Waals surface area contributed by atoms with Crippen LogP contribution in [-0.4, -0.2) is 43.7 Å². The molecule has 0 aromatic heterocycles. The van der Waals surface area contributed by atoms with Gasteiger partial charge in [-0.3, -0.25) is 9.69 Å². The van der Waals surface area contributed by atoms with Crippen LogP contribution in [0.2, 0.25) is 0 Å². The molecule has 0 radical (unpaired) electrons. The molecular formula is C27H29N3O2. The van der Waals surface area contributed by atoms with Crippen molar-refractivity contribution in [2.45, 2.75) is 19.5 Å². The van der Waals surface area contributed by atoms with E-state index in [1.54, 1.807) is 0 Å². The summed E-state index contributed by atoms with van der Waals surface area (Å²) in [6.07, 6.45) is 1.10. The number of carbonyl (C=O) groups is 1. The Morgan fingerprint density at radius 2 is 1.56 bits per heavy atom. The minimum atomic E-state index is -0.0810. The first-order valence-electron chi connectivity index (χ1n) is 11.4. The number of ether oxygens (including phenoxy) is 1. The molecule has 3 aromatic carbocycles. The van der Waals surface area contributed by atoms with Gasteiger partial charge in [0.1, 0.15) is 0 Å². The van der Waals surface area contributed by atoms with Gasteiger partial charge in [0.25, 0.3) is 5.91 Å². The fraction of sp³-hybridized carbons (Fsp3) is 0.296. The maximum atomic E-state index is 12.7. The van der Waals surface area contributed by atoms with Crippen molar-refractivity contribution in [1.82, 2.24) is 4.90 Å². The van der Waals surface area contributed by atoms with Gasteiger partial charge in [-0.25, -0.2) is 0 Å². The van der Waals surface area contributed by atoms with Gasteiger partial charge in [0.05, 0.1) is 13.2 Å². The zero-order valence-corrected chi connectivity index (χ0v) is 18.3. The lowest BCUT2D eigenvalue weighted by Crippen LogP contribution is -2.36. The zero-order chi connectivity index (χ0) is 21.8. The molecule has 0 spiro atoms. The summed E-state index contributed by atoms with van der Waals surface area (Å²) in [5.74, 6) is -0.0810. The molecule has 1 fully saturated rings. The summed E-state index contributed by atoms with van der Waals surface area (Å²) >= 11 is 0. The summed E-state index contributed by atoms with van der Waals surface area (Å²) in [5, 5.41) is 3.01. The van der Waals surface area contributed by atoms with Crippen molar-refractivity contribution < 1.29 is 9.53 Å². The molecule has 0 unspecified atom stereocenters. The highest BCUT2D eigenvalue weighted by Crippen LogP contribution is 2.22. The van der Waals surface area contributed by atoms with E-state index in [1.165, 1.54) is 16.7 Å². The third-order valence-corrected chi connectivity index (χ3v) is 6.33. The summed E-state index contributed by atoms with van der Waals surface area (Å²) in [5.41, 5.74) is 6.77. The average Bonchev–Trinajstić information content (AvgIpc) is 2.85. The van der Waals surface area contributed by atoms with Crippen molar-refractivity contribution in [2.24, 2.45) is 0 Å². The van der Waals surface area contributed by atoms with Crippen LogP contribution in [0.15, 0.2) is 72.8 Å². The summed E-state index contributed by atoms with van der Waals surface area (Å²) in [6.45, 7) is 6.29. The first-order chi connectivity index (χ1) is 15.7. The Hall–Kier alpha value is -3.15. The monoisotopic (exact) mass is 427 g/mol. The van der Waals surface area contributed by atoms with Crippen molar-refractivity contribution in [2.75, 3.05) is 43.1 Å². The van der Waals surface area contributed by atoms with E-state index in [2.05, 4.69) is 63.6 Å². The highest BCUT2D eigenvalue weighted by atomic mass is 16.5. The predicted molar refractivity (Wildman–Crippen MR) is 128 cm³/mol. The van der Waals surface area contributed by atoms with Crippen LogP contribution in [0.1, 0.15) is 27.0 Å². The van der Waals surface area contributed by atoms with Gasteiger partial charge in [0.15, 0.2) is 0 Å². The van der Waals surface area contributed by atoms with E-state index in [9.17, 15) is 4.79 Å². The molecule has 5 nitrogen and oxygen atoms in total. The summed E-state index contributed by atoms with van der Waals surface area (Å²) in [4.78, 5) is 17.5. The number of anilines is 2. The number of rotatable bonds is 5. The Morgan fingerprint density at radius 1 is 0.844 bits per heavy atom. The van der Waals surface area contributed by atoms with Crippen molar-refractivity contribution in [3.05, 3.63) is 95.1 Å². The smallest absolute Gasteiger partial charge is 0.255 e. The number of hydrogen-bond acceptors (Lipinski definition) is 4. The van der Waals surface area contributed by atoms with Crippen LogP contribution in [0.3, 0.4) is 0 Å². The Kier molecular flexibility index (Phi) is 6.19. The molecule has 1 saturated heterocycles. The van der Waals surface area contributed by atoms with Crippen LogP contribution in [-0.2, 0) is 24.2 Å². The standard InChI is InChI=1S/C27H29N3O2/c31-27(28-25-9-11-26(12-10-25)30-15-17-32-18-16-30)23-7-5-21(6-8-23)19-29-14-13-22-3-1-2-4-24(22)20-29/h1-12H,13-20H2,(H,28,31). The molecule has 1 N–H and O–H groups in total. The lowest BCUT2D eigenvalue weighted by Gasteiger charge is -2.29. The van der Waals surface area contributed by atoms with Crippen LogP contribution in [0.4, 0.5) is 11.4 Å². The normalized spacial score (nSPS) is 16.4. The SMILES string of the molecule is O=C(Nc1ccc(N2CCOCC2)cc1)c1ccc(CN2CCc3ccccc3C2)cc1. The van der Waals surface area contributed by atoms with Gasteiger partial charge in [-0.15, -0.1) is 0 Å². The van der Waals surface area contributed by atoms with Gasteiger partial charge in [0, 0.05) is 49.7 Å². The second-order valence-corrected chi connectivity index (χ2v) is 8.53. The molecule has 3 aromatic rings. The summed E-state index contributed by atoms with van der Waals surface area (Å²) in [7, 11) is 0. The zero-order valence-electron chi connectivity index (χ0n) is 18.3. The van der Waals surface area contributed by atoms with E-state index in [1.807, 2.05) is 24.3 Å². The van der Waals surface area contributed by atoms with Crippen LogP contribution < -0.4 is 10.2 Å². The summed E-state index contributed by atoms with van der Waals surface area (Å²) < 4.78 is 5.41. The number of nitrogens with zero attached hydrogens (tertiary/aromatic N) is 2. The van der Waals surface area contributed by atoms with Crippen LogP contribution in [0, 0.1) is 0 Å². The molecule has 0 saturated carbocycles. The van der Waals surface area contributed by atoms with Crippen LogP contribution in [0.5, 0.6) is 0 Å². The third-order valence-electron chi connectivity index (χ3n) is 6.33. The van der Waals surface area contributed by atoms with Crippen LogP contribution in [0.25, 0.3) is 0 Å². The maximum Gasteiger partial charge on any atom is 0.255 e. The quantitative estimate of drug-likeness (QED) is 0.658. The largest absolute Gasteiger partial charge is 0.378 e. The lowest BCUT2D eigenvalue weighted by atomic mass is 9.99. The Morgan fingerprint density at radius 3 is 2.31 bits per heavy atom. The maximum absolute atomic E-state index is 12.7. The highest BCUT2D eigenvalue weighted by molar-refractivity contribution is 6.04. The molecule has 2 aliphatic rings. The van der Waals surface area contributed by atoms with Crippen molar-refractivity contribution >= 4 is 17.3 Å². The van der Waals surface area contributed by atoms with Gasteiger partial charge in [-0.1, -0.05) is 36.4 Å². The first-order valence-corrected chi connectivity index (χ1v) is 11.4. The molecule has 5 rings (SSSR count). The number of amides is 1. The van der Waals surface area contributed by atoms with Gasteiger partial charge < -0.3 is 15.0 Å². The number of fused-ring (bicyclic) bond motifs is 1. The Bertz CT molecular complexity index is 1060. The van der Waals surface area contributed by atoms with E-state index >= 15 is 0 Å². The van der Waals surface area contributed by atoms with Gasteiger partial charge >= 0.3 is 0 Å². The van der Waals surface area contributed by atoms with Gasteiger partial charge in [-0.2, -0.15) is 0 Å². The molecule has 2 heterocycles. The van der Waals surface area contributed by atoms with Gasteiger partial charge in [0.2, 0.25) is 0 Å². The number of nitrogens with one attached hydrogen (secondary N) is 1. The lowest BCUT2D eigenvalue weighted by molar-refractivity contribution is 0.102. The minimum Gasteiger partial charge on any atom is -0.378 e. The fourth-order valence-corrected chi connectivity index (χ4v) is 4.49. The molecule has 32 heavy (non-hydrogen) atoms. The molecular weight excluding hydrogens is 398 g/mol. The van der Waals surface area contributed by atoms with E-state index < -0.39 is 0 Å². The molecule has 0 bridgehead atoms. The second-order valence-electron chi connectivity index (χ2n) is 8.53. The topological polar surface area (TPSA) is 44.8 Å². The highest BCUT2D eigenvalue weighted by Gasteiger charge is 2.16. The number of morpholine rings is 1. The fourth-order valence-electron chi connectivity index (χ4n) is 4.49. The molecule has 0 atom stereocenters. The second kappa shape index (κ2) is 9.55. The van der Waals surface area contributed by atoms with E-state index in [0.29, 0.717) is 5.56 Å². The van der Waals surface area contributed by atoms with E-state index in [4.69, 9.17) is 4.74 Å². The summed E-state index contributed by atoms with van der Waals surface area (Å²) in [6, 6.07) is 24.7. The van der Waals surface area contributed by atoms with Crippen LogP contribution >= 0.6 is 0 Å². The minimum absolute atomic E-state index is 0.0810. The Labute approximate surface area is 189 Å². The molecule has 0 aliphatic carbocycles. The number of benzene rings is 3. The molecule has 1 amide bonds. The predicted octanol–water partition coefficient (Wildman–Crippen LogP) is 4.33. The van der Waals surface area contributed by atoms with Crippen molar-refractivity contribution in [1.29, 1.82) is 0 Å².